The summed E-state index contributed by atoms with van der Waals surface area (Å²) in [6.45, 7) is 5.58. The van der Waals surface area contributed by atoms with E-state index in [1.165, 1.54) is 0 Å². The van der Waals surface area contributed by atoms with Crippen molar-refractivity contribution in [1.29, 1.82) is 0 Å². The Morgan fingerprint density at radius 3 is 2.78 bits per heavy atom. The number of carbonyl (C=O) groups is 1. The Labute approximate surface area is 212 Å². The number of aliphatic hydroxyl groups is 1. The Hall–Kier alpha value is -3.80. The molecule has 3 aromatic rings. The molecule has 0 aliphatic carbocycles. The highest BCUT2D eigenvalue weighted by Gasteiger charge is 2.34. The van der Waals surface area contributed by atoms with Gasteiger partial charge in [-0.3, -0.25) is 14.7 Å². The van der Waals surface area contributed by atoms with Gasteiger partial charge in [-0.05, 0) is 49.7 Å². The summed E-state index contributed by atoms with van der Waals surface area (Å²) in [7, 11) is 2.03. The Balaban J connectivity index is 1.63. The van der Waals surface area contributed by atoms with E-state index in [1.807, 2.05) is 50.5 Å². The van der Waals surface area contributed by atoms with Crippen LogP contribution in [0.3, 0.4) is 0 Å². The lowest BCUT2D eigenvalue weighted by Crippen LogP contribution is -2.49. The summed E-state index contributed by atoms with van der Waals surface area (Å²) in [5.41, 5.74) is 2.67. The summed E-state index contributed by atoms with van der Waals surface area (Å²) in [5, 5.41) is 9.86. The topological polar surface area (TPSA) is 91.7 Å². The number of likely N-dealkylation sites (N-methyl/N-ethyl adjacent to an activating group) is 1. The number of amides is 1. The van der Waals surface area contributed by atoms with Crippen molar-refractivity contribution in [3.8, 4) is 17.7 Å². The third kappa shape index (κ3) is 6.25. The van der Waals surface area contributed by atoms with Crippen molar-refractivity contribution in [2.75, 3.05) is 26.7 Å². The van der Waals surface area contributed by atoms with Gasteiger partial charge < -0.3 is 14.7 Å². The number of ether oxygens (including phenoxy) is 1. The van der Waals surface area contributed by atoms with Crippen LogP contribution in [0.1, 0.15) is 41.0 Å². The van der Waals surface area contributed by atoms with Gasteiger partial charge in [0.25, 0.3) is 5.91 Å². The van der Waals surface area contributed by atoms with E-state index in [2.05, 4.69) is 38.6 Å². The summed E-state index contributed by atoms with van der Waals surface area (Å²) < 4.78 is 6.37. The fraction of sp³-hybridized carbons (Fsp3) is 0.357. The van der Waals surface area contributed by atoms with Crippen molar-refractivity contribution in [2.24, 2.45) is 5.92 Å². The normalized spacial score (nSPS) is 18.4. The number of rotatable bonds is 6. The van der Waals surface area contributed by atoms with Crippen molar-refractivity contribution in [3.05, 3.63) is 83.6 Å². The number of nitrogens with zero attached hydrogens (tertiary/aromatic N) is 5. The highest BCUT2D eigenvalue weighted by atomic mass is 16.5. The molecule has 8 heteroatoms. The predicted molar refractivity (Wildman–Crippen MR) is 136 cm³/mol. The summed E-state index contributed by atoms with van der Waals surface area (Å²) >= 11 is 0. The summed E-state index contributed by atoms with van der Waals surface area (Å²) in [5.74, 6) is 6.11. The average molecular weight is 486 g/mol. The zero-order valence-electron chi connectivity index (χ0n) is 20.8. The second kappa shape index (κ2) is 11.8. The maximum atomic E-state index is 13.5. The van der Waals surface area contributed by atoms with Crippen molar-refractivity contribution in [2.45, 2.75) is 32.5 Å². The van der Waals surface area contributed by atoms with Gasteiger partial charge in [0.15, 0.2) is 0 Å². The fourth-order valence-corrected chi connectivity index (χ4v) is 4.14. The number of hydrogen-bond acceptors (Lipinski definition) is 7. The zero-order chi connectivity index (χ0) is 25.5. The van der Waals surface area contributed by atoms with Crippen LogP contribution in [-0.2, 0) is 6.54 Å². The first-order valence-corrected chi connectivity index (χ1v) is 12.0. The smallest absolute Gasteiger partial charge is 0.259 e. The Kier molecular flexibility index (Phi) is 8.26. The van der Waals surface area contributed by atoms with Crippen LogP contribution in [-0.4, -0.2) is 74.7 Å². The Morgan fingerprint density at radius 1 is 1.19 bits per heavy atom. The van der Waals surface area contributed by atoms with Crippen molar-refractivity contribution in [1.82, 2.24) is 24.8 Å². The van der Waals surface area contributed by atoms with Gasteiger partial charge in [-0.1, -0.05) is 25.0 Å². The molecule has 36 heavy (non-hydrogen) atoms. The highest BCUT2D eigenvalue weighted by molar-refractivity contribution is 5.97. The van der Waals surface area contributed by atoms with E-state index < -0.39 is 0 Å². The molecule has 0 saturated carbocycles. The van der Waals surface area contributed by atoms with E-state index in [-0.39, 0.29) is 36.5 Å². The first kappa shape index (κ1) is 25.3. The van der Waals surface area contributed by atoms with Crippen LogP contribution < -0.4 is 4.74 Å². The van der Waals surface area contributed by atoms with Crippen LogP contribution in [0.5, 0.6) is 5.88 Å². The SMILES string of the molecule is C[C@@H]1CN([C@@H](C)CO)C(=O)c2cc(C#Cc3ccccn3)cnc2O[C@@H]1CN(C)Cc1cccnc1. The minimum absolute atomic E-state index is 0.0119. The van der Waals surface area contributed by atoms with Crippen LogP contribution in [0.2, 0.25) is 0 Å². The average Bonchev–Trinajstić information content (AvgIpc) is 2.90. The van der Waals surface area contributed by atoms with Gasteiger partial charge in [0.2, 0.25) is 5.88 Å². The molecule has 1 N–H and O–H groups in total. The molecule has 1 aliphatic rings. The molecule has 4 rings (SSSR count). The van der Waals surface area contributed by atoms with E-state index in [0.717, 1.165) is 12.1 Å². The van der Waals surface area contributed by atoms with Gasteiger partial charge in [0, 0.05) is 55.9 Å². The maximum absolute atomic E-state index is 13.5. The number of aliphatic hydroxyl groups excluding tert-OH is 1. The predicted octanol–water partition coefficient (Wildman–Crippen LogP) is 2.62. The number of carbonyl (C=O) groups excluding carboxylic acids is 1. The van der Waals surface area contributed by atoms with Crippen LogP contribution in [0.15, 0.2) is 61.2 Å². The van der Waals surface area contributed by atoms with Gasteiger partial charge in [0.1, 0.15) is 17.4 Å². The fourth-order valence-electron chi connectivity index (χ4n) is 4.14. The van der Waals surface area contributed by atoms with E-state index in [9.17, 15) is 9.90 Å². The van der Waals surface area contributed by atoms with Gasteiger partial charge in [-0.25, -0.2) is 9.97 Å². The lowest BCUT2D eigenvalue weighted by atomic mass is 9.99. The van der Waals surface area contributed by atoms with Crippen LogP contribution in [0.4, 0.5) is 0 Å². The molecule has 1 amide bonds. The lowest BCUT2D eigenvalue weighted by molar-refractivity contribution is 0.0325. The quantitative estimate of drug-likeness (QED) is 0.537. The molecule has 0 saturated heterocycles. The number of hydrogen-bond donors (Lipinski definition) is 1. The lowest BCUT2D eigenvalue weighted by Gasteiger charge is -2.37. The molecule has 1 aliphatic heterocycles. The summed E-state index contributed by atoms with van der Waals surface area (Å²) in [6.07, 6.45) is 6.69. The molecule has 3 aromatic heterocycles. The first-order chi connectivity index (χ1) is 17.4. The van der Waals surface area contributed by atoms with Gasteiger partial charge in [-0.2, -0.15) is 0 Å². The summed E-state index contributed by atoms with van der Waals surface area (Å²) in [4.78, 5) is 30.3. The van der Waals surface area contributed by atoms with Crippen LogP contribution in [0, 0.1) is 17.8 Å². The standard InChI is InChI=1S/C28H31N5O3/c1-20-16-33(21(2)19-34)28(35)25-13-22(9-10-24-8-4-5-12-30-24)15-31-27(25)36-26(20)18-32(3)17-23-7-6-11-29-14-23/h4-8,11-15,20-21,26,34H,16-19H2,1-3H3/t20-,21+,26-/m1/s1. The molecular formula is C28H31N5O3. The molecule has 0 unspecified atom stereocenters. The molecular weight excluding hydrogens is 454 g/mol. The molecule has 186 valence electrons. The number of aromatic nitrogens is 3. The first-order valence-electron chi connectivity index (χ1n) is 12.0. The molecule has 3 atom stereocenters. The highest BCUT2D eigenvalue weighted by Crippen LogP contribution is 2.27. The van der Waals surface area contributed by atoms with Crippen LogP contribution in [0.25, 0.3) is 0 Å². The Morgan fingerprint density at radius 2 is 2.06 bits per heavy atom. The molecule has 0 spiro atoms. The molecule has 4 heterocycles. The van der Waals surface area contributed by atoms with Crippen molar-refractivity contribution in [3.63, 3.8) is 0 Å². The second-order valence-corrected chi connectivity index (χ2v) is 9.22. The van der Waals surface area contributed by atoms with Crippen molar-refractivity contribution < 1.29 is 14.6 Å². The Bertz CT molecular complexity index is 1230. The third-order valence-electron chi connectivity index (χ3n) is 6.19. The number of pyridine rings is 3. The molecule has 0 radical (unpaired) electrons. The van der Waals surface area contributed by atoms with E-state index >= 15 is 0 Å². The van der Waals surface area contributed by atoms with Crippen LogP contribution >= 0.6 is 0 Å². The monoisotopic (exact) mass is 485 g/mol. The molecule has 8 nitrogen and oxygen atoms in total. The maximum Gasteiger partial charge on any atom is 0.259 e. The largest absolute Gasteiger partial charge is 0.472 e. The van der Waals surface area contributed by atoms with Gasteiger partial charge in [0.05, 0.1) is 12.6 Å². The second-order valence-electron chi connectivity index (χ2n) is 9.22. The van der Waals surface area contributed by atoms with E-state index in [0.29, 0.717) is 29.9 Å². The van der Waals surface area contributed by atoms with E-state index in [1.54, 1.807) is 29.6 Å². The van der Waals surface area contributed by atoms with E-state index in [4.69, 9.17) is 4.74 Å². The number of fused-ring (bicyclic) bond motifs is 1. The molecule has 0 bridgehead atoms. The third-order valence-corrected chi connectivity index (χ3v) is 6.19. The van der Waals surface area contributed by atoms with Gasteiger partial charge in [-0.15, -0.1) is 0 Å². The molecule has 0 fully saturated rings. The molecule has 0 aromatic carbocycles. The van der Waals surface area contributed by atoms with Gasteiger partial charge >= 0.3 is 0 Å². The van der Waals surface area contributed by atoms with Crippen molar-refractivity contribution >= 4 is 5.91 Å². The zero-order valence-corrected chi connectivity index (χ0v) is 20.8. The minimum atomic E-state index is -0.345. The minimum Gasteiger partial charge on any atom is -0.472 e. The summed E-state index contributed by atoms with van der Waals surface area (Å²) in [6, 6.07) is 10.9.